The summed E-state index contributed by atoms with van der Waals surface area (Å²) in [5.41, 5.74) is 1.04. The van der Waals surface area contributed by atoms with Crippen molar-refractivity contribution in [2.24, 2.45) is 4.99 Å². The van der Waals surface area contributed by atoms with E-state index in [2.05, 4.69) is 20.9 Å². The first-order chi connectivity index (χ1) is 13.4. The maximum Gasteiger partial charge on any atom is 0.416 e. The lowest BCUT2D eigenvalue weighted by atomic mass is 10.1. The number of guanidine groups is 1. The van der Waals surface area contributed by atoms with E-state index >= 15 is 0 Å². The van der Waals surface area contributed by atoms with Crippen molar-refractivity contribution >= 4 is 35.8 Å². The Morgan fingerprint density at radius 3 is 2.07 bits per heavy atom. The summed E-state index contributed by atoms with van der Waals surface area (Å²) in [5, 5.41) is 8.84. The summed E-state index contributed by atoms with van der Waals surface area (Å²) < 4.78 is 37.7. The first-order valence-electron chi connectivity index (χ1n) is 8.80. The molecule has 0 aromatic heterocycles. The molecule has 0 saturated heterocycles. The molecule has 3 N–H and O–H groups in total. The van der Waals surface area contributed by atoms with Crippen LogP contribution in [0.2, 0.25) is 0 Å². The van der Waals surface area contributed by atoms with E-state index in [1.165, 1.54) is 12.1 Å². The van der Waals surface area contributed by atoms with Crippen molar-refractivity contribution in [3.63, 3.8) is 0 Å². The van der Waals surface area contributed by atoms with Crippen LogP contribution in [-0.4, -0.2) is 25.5 Å². The van der Waals surface area contributed by atoms with Crippen LogP contribution in [0.3, 0.4) is 0 Å². The number of benzene rings is 2. The zero-order valence-corrected chi connectivity index (χ0v) is 18.3. The van der Waals surface area contributed by atoms with Crippen molar-refractivity contribution < 1.29 is 18.0 Å². The number of nitrogens with zero attached hydrogens (tertiary/aromatic N) is 1. The van der Waals surface area contributed by atoms with Crippen LogP contribution in [0.1, 0.15) is 23.1 Å². The third-order valence-corrected chi connectivity index (χ3v) is 3.94. The Bertz CT molecular complexity index is 781. The molecular formula is C20H24F3IN4O. The highest BCUT2D eigenvalue weighted by Gasteiger charge is 2.29. The molecule has 0 saturated carbocycles. The van der Waals surface area contributed by atoms with Gasteiger partial charge in [-0.05, 0) is 23.3 Å². The fraction of sp³-hybridized carbons (Fsp3) is 0.300. The minimum atomic E-state index is -4.34. The summed E-state index contributed by atoms with van der Waals surface area (Å²) in [6.45, 7) is 1.17. The van der Waals surface area contributed by atoms with Crippen LogP contribution in [0.4, 0.5) is 13.2 Å². The van der Waals surface area contributed by atoms with Gasteiger partial charge < -0.3 is 16.0 Å². The van der Waals surface area contributed by atoms with Crippen LogP contribution in [0.25, 0.3) is 0 Å². The van der Waals surface area contributed by atoms with Gasteiger partial charge in [0, 0.05) is 33.1 Å². The van der Waals surface area contributed by atoms with Gasteiger partial charge in [-0.1, -0.05) is 42.5 Å². The summed E-state index contributed by atoms with van der Waals surface area (Å²) in [6, 6.07) is 14.5. The fourth-order valence-corrected chi connectivity index (χ4v) is 2.40. The van der Waals surface area contributed by atoms with Crippen molar-refractivity contribution in [1.29, 1.82) is 0 Å². The van der Waals surface area contributed by atoms with Crippen molar-refractivity contribution in [3.8, 4) is 0 Å². The van der Waals surface area contributed by atoms with Gasteiger partial charge in [0.2, 0.25) is 5.91 Å². The largest absolute Gasteiger partial charge is 0.416 e. The van der Waals surface area contributed by atoms with Crippen molar-refractivity contribution in [2.45, 2.75) is 25.7 Å². The highest BCUT2D eigenvalue weighted by molar-refractivity contribution is 14.0. The van der Waals surface area contributed by atoms with E-state index in [-0.39, 0.29) is 36.3 Å². The Morgan fingerprint density at radius 1 is 0.897 bits per heavy atom. The van der Waals surface area contributed by atoms with E-state index in [0.29, 0.717) is 31.2 Å². The first-order valence-corrected chi connectivity index (χ1v) is 8.80. The lowest BCUT2D eigenvalue weighted by Crippen LogP contribution is -2.38. The normalized spacial score (nSPS) is 11.4. The maximum absolute atomic E-state index is 12.6. The van der Waals surface area contributed by atoms with Gasteiger partial charge in [0.15, 0.2) is 5.96 Å². The Balaban J connectivity index is 0.00000420. The molecule has 5 nitrogen and oxygen atoms in total. The van der Waals surface area contributed by atoms with Crippen LogP contribution in [0, 0.1) is 0 Å². The Morgan fingerprint density at radius 2 is 1.48 bits per heavy atom. The number of rotatable bonds is 7. The van der Waals surface area contributed by atoms with Gasteiger partial charge in [-0.25, -0.2) is 0 Å². The number of aliphatic imine (C=N–C) groups is 1. The second kappa shape index (κ2) is 12.3. The number of nitrogens with one attached hydrogen (secondary N) is 3. The minimum Gasteiger partial charge on any atom is -0.356 e. The molecule has 0 heterocycles. The molecular weight excluding hydrogens is 496 g/mol. The molecule has 2 aromatic rings. The second-order valence-corrected chi connectivity index (χ2v) is 6.06. The predicted molar refractivity (Wildman–Crippen MR) is 118 cm³/mol. The maximum atomic E-state index is 12.6. The van der Waals surface area contributed by atoms with Crippen molar-refractivity contribution in [1.82, 2.24) is 16.0 Å². The molecule has 0 unspecified atom stereocenters. The standard InChI is InChI=1S/C20H23F3N4O.HI/c1-24-19(27-14-16-7-9-17(10-8-16)20(21,22)23)25-12-11-18(28)26-13-15-5-3-2-4-6-15;/h2-10H,11-14H2,1H3,(H,26,28)(H2,24,25,27);1H. The van der Waals surface area contributed by atoms with Gasteiger partial charge >= 0.3 is 6.18 Å². The summed E-state index contributed by atoms with van der Waals surface area (Å²) in [5.74, 6) is 0.380. The van der Waals surface area contributed by atoms with E-state index in [0.717, 1.165) is 17.7 Å². The molecule has 0 fully saturated rings. The molecule has 0 aliphatic rings. The van der Waals surface area contributed by atoms with Gasteiger partial charge in [-0.2, -0.15) is 13.2 Å². The number of alkyl halides is 3. The van der Waals surface area contributed by atoms with E-state index < -0.39 is 11.7 Å². The zero-order chi connectivity index (χ0) is 20.4. The first kappa shape index (κ1) is 24.7. The van der Waals surface area contributed by atoms with Gasteiger partial charge in [0.1, 0.15) is 0 Å². The van der Waals surface area contributed by atoms with E-state index in [1.807, 2.05) is 30.3 Å². The molecule has 9 heteroatoms. The molecule has 0 spiro atoms. The number of carbonyl (C=O) groups excluding carboxylic acids is 1. The molecule has 1 amide bonds. The molecule has 0 aliphatic heterocycles. The van der Waals surface area contributed by atoms with Crippen molar-refractivity contribution in [2.75, 3.05) is 13.6 Å². The van der Waals surface area contributed by atoms with Gasteiger partial charge in [0.25, 0.3) is 0 Å². The Hall–Kier alpha value is -2.30. The number of hydrogen-bond donors (Lipinski definition) is 3. The quantitative estimate of drug-likeness (QED) is 0.297. The number of amides is 1. The van der Waals surface area contributed by atoms with Crippen LogP contribution in [0.5, 0.6) is 0 Å². The van der Waals surface area contributed by atoms with Crippen LogP contribution in [0.15, 0.2) is 59.6 Å². The molecule has 0 bridgehead atoms. The van der Waals surface area contributed by atoms with Crippen LogP contribution < -0.4 is 16.0 Å². The average Bonchev–Trinajstić information content (AvgIpc) is 2.69. The Labute approximate surface area is 185 Å². The van der Waals surface area contributed by atoms with Gasteiger partial charge in [-0.3, -0.25) is 9.79 Å². The van der Waals surface area contributed by atoms with E-state index in [9.17, 15) is 18.0 Å². The lowest BCUT2D eigenvalue weighted by molar-refractivity contribution is -0.137. The van der Waals surface area contributed by atoms with Gasteiger partial charge in [-0.15, -0.1) is 24.0 Å². The summed E-state index contributed by atoms with van der Waals surface area (Å²) in [7, 11) is 1.58. The van der Waals surface area contributed by atoms with Crippen molar-refractivity contribution in [3.05, 3.63) is 71.3 Å². The number of hydrogen-bond acceptors (Lipinski definition) is 2. The zero-order valence-electron chi connectivity index (χ0n) is 15.9. The summed E-state index contributed by atoms with van der Waals surface area (Å²) >= 11 is 0. The molecule has 2 aromatic carbocycles. The summed E-state index contributed by atoms with van der Waals surface area (Å²) in [4.78, 5) is 15.9. The molecule has 0 aliphatic carbocycles. The molecule has 0 atom stereocenters. The third kappa shape index (κ3) is 9.16. The third-order valence-electron chi connectivity index (χ3n) is 3.94. The average molecular weight is 520 g/mol. The van der Waals surface area contributed by atoms with E-state index in [4.69, 9.17) is 0 Å². The highest BCUT2D eigenvalue weighted by atomic mass is 127. The molecule has 158 valence electrons. The topological polar surface area (TPSA) is 65.5 Å². The Kier molecular flexibility index (Phi) is 10.5. The SMILES string of the molecule is CN=C(NCCC(=O)NCc1ccccc1)NCc1ccc(C(F)(F)F)cc1.I. The number of carbonyl (C=O) groups is 1. The minimum absolute atomic E-state index is 0. The fourth-order valence-electron chi connectivity index (χ4n) is 2.40. The van der Waals surface area contributed by atoms with Crippen LogP contribution >= 0.6 is 24.0 Å². The lowest BCUT2D eigenvalue weighted by Gasteiger charge is -2.13. The molecule has 2 rings (SSSR count). The highest BCUT2D eigenvalue weighted by Crippen LogP contribution is 2.28. The van der Waals surface area contributed by atoms with E-state index in [1.54, 1.807) is 7.05 Å². The monoisotopic (exact) mass is 520 g/mol. The summed E-state index contributed by atoms with van der Waals surface area (Å²) in [6.07, 6.45) is -4.07. The number of halogens is 4. The molecule has 29 heavy (non-hydrogen) atoms. The second-order valence-electron chi connectivity index (χ2n) is 6.06. The smallest absolute Gasteiger partial charge is 0.356 e. The van der Waals surface area contributed by atoms with Crippen LogP contribution in [-0.2, 0) is 24.1 Å². The van der Waals surface area contributed by atoms with Gasteiger partial charge in [0.05, 0.1) is 5.56 Å². The predicted octanol–water partition coefficient (Wildman–Crippen LogP) is 3.69. The molecule has 0 radical (unpaired) electrons.